The Morgan fingerprint density at radius 1 is 1.30 bits per heavy atom. The van der Waals surface area contributed by atoms with Crippen LogP contribution in [0.5, 0.6) is 5.75 Å². The van der Waals surface area contributed by atoms with Crippen LogP contribution in [0.2, 0.25) is 5.02 Å². The van der Waals surface area contributed by atoms with Gasteiger partial charge in [-0.1, -0.05) is 11.6 Å². The summed E-state index contributed by atoms with van der Waals surface area (Å²) in [5, 5.41) is 0.406. The lowest BCUT2D eigenvalue weighted by Gasteiger charge is -2.15. The minimum Gasteiger partial charge on any atom is -0.496 e. The van der Waals surface area contributed by atoms with E-state index in [1.807, 2.05) is 0 Å². The lowest BCUT2D eigenvalue weighted by molar-refractivity contribution is -0.133. The Morgan fingerprint density at radius 2 is 2.00 bits per heavy atom. The van der Waals surface area contributed by atoms with Crippen LogP contribution >= 0.6 is 11.6 Å². The fourth-order valence-corrected chi connectivity index (χ4v) is 2.27. The van der Waals surface area contributed by atoms with E-state index in [-0.39, 0.29) is 18.1 Å². The van der Waals surface area contributed by atoms with Crippen molar-refractivity contribution in [3.05, 3.63) is 28.8 Å². The Balaban J connectivity index is 1.97. The van der Waals surface area contributed by atoms with E-state index >= 15 is 0 Å². The van der Waals surface area contributed by atoms with Gasteiger partial charge in [0.05, 0.1) is 7.11 Å². The molecule has 1 saturated heterocycles. The molecular weight excluding hydrogens is 282 g/mol. The third-order valence-electron chi connectivity index (χ3n) is 3.17. The van der Waals surface area contributed by atoms with Gasteiger partial charge in [0.2, 0.25) is 0 Å². The highest BCUT2D eigenvalue weighted by Crippen LogP contribution is 2.23. The predicted molar refractivity (Wildman–Crippen MR) is 74.1 cm³/mol. The number of methoxy groups -OCH3 is 1. The van der Waals surface area contributed by atoms with Crippen molar-refractivity contribution < 1.29 is 19.1 Å². The van der Waals surface area contributed by atoms with Crippen LogP contribution in [-0.4, -0.2) is 43.6 Å². The van der Waals surface area contributed by atoms with Gasteiger partial charge in [-0.3, -0.25) is 4.79 Å². The van der Waals surface area contributed by atoms with E-state index in [2.05, 4.69) is 0 Å². The summed E-state index contributed by atoms with van der Waals surface area (Å²) >= 11 is 5.85. The van der Waals surface area contributed by atoms with Gasteiger partial charge in [-0.05, 0) is 31.0 Å². The van der Waals surface area contributed by atoms with Crippen LogP contribution < -0.4 is 4.74 Å². The van der Waals surface area contributed by atoms with Gasteiger partial charge in [-0.25, -0.2) is 4.79 Å². The van der Waals surface area contributed by atoms with E-state index in [9.17, 15) is 9.59 Å². The molecule has 6 heteroatoms. The first kappa shape index (κ1) is 14.7. The summed E-state index contributed by atoms with van der Waals surface area (Å²) in [5.74, 6) is -0.415. The molecule has 1 aliphatic heterocycles. The molecule has 0 spiro atoms. The van der Waals surface area contributed by atoms with Crippen LogP contribution in [0.4, 0.5) is 0 Å². The van der Waals surface area contributed by atoms with E-state index in [0.717, 1.165) is 25.9 Å². The van der Waals surface area contributed by atoms with Crippen molar-refractivity contribution in [3.8, 4) is 5.75 Å². The second-order valence-electron chi connectivity index (χ2n) is 4.51. The van der Waals surface area contributed by atoms with Crippen molar-refractivity contribution in [2.75, 3.05) is 26.8 Å². The van der Waals surface area contributed by atoms with Gasteiger partial charge in [-0.15, -0.1) is 0 Å². The summed E-state index contributed by atoms with van der Waals surface area (Å²) in [7, 11) is 1.45. The maximum atomic E-state index is 12.0. The number of halogens is 1. The van der Waals surface area contributed by atoms with Crippen LogP contribution in [0.3, 0.4) is 0 Å². The number of hydrogen-bond acceptors (Lipinski definition) is 4. The van der Waals surface area contributed by atoms with Crippen LogP contribution in [0.1, 0.15) is 23.2 Å². The SMILES string of the molecule is COc1ccc(Cl)cc1C(=O)OCC(=O)N1CCCC1. The maximum Gasteiger partial charge on any atom is 0.342 e. The average Bonchev–Trinajstić information content (AvgIpc) is 2.98. The summed E-state index contributed by atoms with van der Waals surface area (Å²) in [6, 6.07) is 4.66. The molecule has 108 valence electrons. The van der Waals surface area contributed by atoms with Gasteiger partial charge < -0.3 is 14.4 Å². The summed E-state index contributed by atoms with van der Waals surface area (Å²) in [4.78, 5) is 25.5. The molecule has 2 rings (SSSR count). The van der Waals surface area contributed by atoms with E-state index < -0.39 is 5.97 Å². The highest BCUT2D eigenvalue weighted by molar-refractivity contribution is 6.31. The molecule has 1 amide bonds. The molecule has 20 heavy (non-hydrogen) atoms. The van der Waals surface area contributed by atoms with Crippen molar-refractivity contribution in [1.82, 2.24) is 4.90 Å². The van der Waals surface area contributed by atoms with Crippen molar-refractivity contribution in [2.24, 2.45) is 0 Å². The lowest BCUT2D eigenvalue weighted by atomic mass is 10.2. The Hall–Kier alpha value is -1.75. The molecule has 0 atom stereocenters. The molecule has 5 nitrogen and oxygen atoms in total. The minimum atomic E-state index is -0.614. The quantitative estimate of drug-likeness (QED) is 0.799. The number of rotatable bonds is 4. The van der Waals surface area contributed by atoms with Crippen LogP contribution in [0, 0.1) is 0 Å². The summed E-state index contributed by atoms with van der Waals surface area (Å²) in [5.41, 5.74) is 0.217. The number of nitrogens with zero attached hydrogens (tertiary/aromatic N) is 1. The molecule has 1 heterocycles. The van der Waals surface area contributed by atoms with Gasteiger partial charge in [-0.2, -0.15) is 0 Å². The number of benzene rings is 1. The number of carbonyl (C=O) groups is 2. The first-order valence-electron chi connectivity index (χ1n) is 6.40. The normalized spacial score (nSPS) is 14.2. The molecule has 0 aromatic heterocycles. The monoisotopic (exact) mass is 297 g/mol. The molecule has 1 aliphatic rings. The van der Waals surface area contributed by atoms with Gasteiger partial charge in [0, 0.05) is 18.1 Å². The Bertz CT molecular complexity index is 512. The third-order valence-corrected chi connectivity index (χ3v) is 3.40. The van der Waals surface area contributed by atoms with Crippen molar-refractivity contribution in [3.63, 3.8) is 0 Å². The number of amides is 1. The average molecular weight is 298 g/mol. The number of hydrogen-bond donors (Lipinski definition) is 0. The first-order valence-corrected chi connectivity index (χ1v) is 6.78. The predicted octanol–water partition coefficient (Wildman–Crippen LogP) is 2.13. The zero-order chi connectivity index (χ0) is 14.5. The smallest absolute Gasteiger partial charge is 0.342 e. The van der Waals surface area contributed by atoms with Crippen LogP contribution in [0.25, 0.3) is 0 Å². The topological polar surface area (TPSA) is 55.8 Å². The van der Waals surface area contributed by atoms with E-state index in [4.69, 9.17) is 21.1 Å². The molecule has 0 radical (unpaired) electrons. The zero-order valence-corrected chi connectivity index (χ0v) is 12.0. The van der Waals surface area contributed by atoms with E-state index in [0.29, 0.717) is 10.8 Å². The Morgan fingerprint density at radius 3 is 2.65 bits per heavy atom. The molecule has 1 aromatic rings. The molecule has 0 unspecified atom stereocenters. The fraction of sp³-hybridized carbons (Fsp3) is 0.429. The highest BCUT2D eigenvalue weighted by atomic mass is 35.5. The number of likely N-dealkylation sites (tertiary alicyclic amines) is 1. The van der Waals surface area contributed by atoms with Crippen LogP contribution in [0.15, 0.2) is 18.2 Å². The standard InChI is InChI=1S/C14H16ClNO4/c1-19-12-5-4-10(15)8-11(12)14(18)20-9-13(17)16-6-2-3-7-16/h4-5,8H,2-3,6-7,9H2,1H3. The molecular formula is C14H16ClNO4. The van der Waals surface area contributed by atoms with Gasteiger partial charge in [0.1, 0.15) is 11.3 Å². The Kier molecular flexibility index (Phi) is 4.84. The van der Waals surface area contributed by atoms with Gasteiger partial charge >= 0.3 is 5.97 Å². The summed E-state index contributed by atoms with van der Waals surface area (Å²) in [6.07, 6.45) is 2.00. The lowest BCUT2D eigenvalue weighted by Crippen LogP contribution is -2.32. The second-order valence-corrected chi connectivity index (χ2v) is 4.95. The minimum absolute atomic E-state index is 0.170. The molecule has 0 aliphatic carbocycles. The molecule has 0 N–H and O–H groups in total. The molecule has 0 saturated carbocycles. The molecule has 1 fully saturated rings. The molecule has 1 aromatic carbocycles. The Labute approximate surface area is 122 Å². The second kappa shape index (κ2) is 6.61. The van der Waals surface area contributed by atoms with Gasteiger partial charge in [0.15, 0.2) is 6.61 Å². The molecule has 0 bridgehead atoms. The van der Waals surface area contributed by atoms with Crippen LogP contribution in [-0.2, 0) is 9.53 Å². The van der Waals surface area contributed by atoms with Gasteiger partial charge in [0.25, 0.3) is 5.91 Å². The van der Waals surface area contributed by atoms with E-state index in [1.165, 1.54) is 13.2 Å². The van der Waals surface area contributed by atoms with Crippen molar-refractivity contribution in [2.45, 2.75) is 12.8 Å². The maximum absolute atomic E-state index is 12.0. The number of ether oxygens (including phenoxy) is 2. The van der Waals surface area contributed by atoms with Crippen molar-refractivity contribution >= 4 is 23.5 Å². The van der Waals surface area contributed by atoms with Crippen molar-refractivity contribution in [1.29, 1.82) is 0 Å². The number of esters is 1. The summed E-state index contributed by atoms with van der Waals surface area (Å²) in [6.45, 7) is 1.21. The number of carbonyl (C=O) groups excluding carboxylic acids is 2. The van der Waals surface area contributed by atoms with E-state index in [1.54, 1.807) is 17.0 Å². The largest absolute Gasteiger partial charge is 0.496 e. The first-order chi connectivity index (χ1) is 9.61. The third kappa shape index (κ3) is 3.42. The summed E-state index contributed by atoms with van der Waals surface area (Å²) < 4.78 is 10.1. The highest BCUT2D eigenvalue weighted by Gasteiger charge is 2.21. The fourth-order valence-electron chi connectivity index (χ4n) is 2.10. The zero-order valence-electron chi connectivity index (χ0n) is 11.2.